The van der Waals surface area contributed by atoms with E-state index in [4.69, 9.17) is 5.73 Å². The number of hydrogen-bond donors (Lipinski definition) is 3. The molecule has 4 N–H and O–H groups in total. The van der Waals surface area contributed by atoms with Crippen molar-refractivity contribution in [3.05, 3.63) is 29.8 Å². The minimum atomic E-state index is -0.453. The Hall–Kier alpha value is -2.04. The summed E-state index contributed by atoms with van der Waals surface area (Å²) in [6, 6.07) is 6.92. The number of anilines is 1. The highest BCUT2D eigenvalue weighted by Crippen LogP contribution is 2.09. The van der Waals surface area contributed by atoms with Gasteiger partial charge in [0, 0.05) is 31.3 Å². The third-order valence-electron chi connectivity index (χ3n) is 1.98. The Morgan fingerprint density at radius 2 is 2.06 bits per heavy atom. The molecule has 0 saturated heterocycles. The van der Waals surface area contributed by atoms with Crippen LogP contribution in [0.15, 0.2) is 24.3 Å². The van der Waals surface area contributed by atoms with E-state index in [0.717, 1.165) is 5.69 Å². The number of nitrogens with one attached hydrogen (secondary N) is 2. The van der Waals surface area contributed by atoms with Gasteiger partial charge < -0.3 is 16.4 Å². The quantitative estimate of drug-likeness (QED) is 0.626. The second-order valence-corrected chi connectivity index (χ2v) is 3.35. The van der Waals surface area contributed by atoms with E-state index in [1.165, 1.54) is 6.92 Å². The molecular weight excluding hydrogens is 206 g/mol. The lowest BCUT2D eigenvalue weighted by Gasteiger charge is -2.07. The van der Waals surface area contributed by atoms with E-state index in [2.05, 4.69) is 10.6 Å². The third-order valence-corrected chi connectivity index (χ3v) is 1.98. The van der Waals surface area contributed by atoms with Gasteiger partial charge in [0.1, 0.15) is 0 Å². The first-order valence-corrected chi connectivity index (χ1v) is 4.98. The standard InChI is InChI=1S/C11H15N3O2/c1-8(15)13-5-6-14-10-4-2-3-9(7-10)11(12)16/h2-4,7,14H,5-6H2,1H3,(H2,12,16)(H,13,15). The molecule has 0 radical (unpaired) electrons. The molecule has 1 rings (SSSR count). The molecule has 2 amide bonds. The number of nitrogens with two attached hydrogens (primary N) is 1. The van der Waals surface area contributed by atoms with E-state index >= 15 is 0 Å². The lowest BCUT2D eigenvalue weighted by molar-refractivity contribution is -0.118. The largest absolute Gasteiger partial charge is 0.383 e. The maximum Gasteiger partial charge on any atom is 0.248 e. The molecule has 0 fully saturated rings. The number of primary amides is 1. The highest BCUT2D eigenvalue weighted by atomic mass is 16.1. The van der Waals surface area contributed by atoms with Gasteiger partial charge in [-0.05, 0) is 18.2 Å². The average molecular weight is 221 g/mol. The summed E-state index contributed by atoms with van der Waals surface area (Å²) >= 11 is 0. The van der Waals surface area contributed by atoms with Crippen LogP contribution < -0.4 is 16.4 Å². The van der Waals surface area contributed by atoms with Crippen molar-refractivity contribution < 1.29 is 9.59 Å². The van der Waals surface area contributed by atoms with E-state index in [1.54, 1.807) is 18.2 Å². The number of hydrogen-bond acceptors (Lipinski definition) is 3. The van der Waals surface area contributed by atoms with Crippen LogP contribution in [0.5, 0.6) is 0 Å². The third kappa shape index (κ3) is 4.00. The van der Waals surface area contributed by atoms with Crippen LogP contribution in [0.4, 0.5) is 5.69 Å². The summed E-state index contributed by atoms with van der Waals surface area (Å²) in [5.74, 6) is -0.516. The first kappa shape index (κ1) is 12.0. The smallest absolute Gasteiger partial charge is 0.248 e. The Kier molecular flexibility index (Phi) is 4.32. The van der Waals surface area contributed by atoms with Crippen LogP contribution in [0.1, 0.15) is 17.3 Å². The minimum Gasteiger partial charge on any atom is -0.383 e. The average Bonchev–Trinajstić information content (AvgIpc) is 2.24. The summed E-state index contributed by atoms with van der Waals surface area (Å²) in [6.45, 7) is 2.60. The zero-order valence-corrected chi connectivity index (χ0v) is 9.12. The lowest BCUT2D eigenvalue weighted by atomic mass is 10.2. The van der Waals surface area contributed by atoms with Gasteiger partial charge in [-0.15, -0.1) is 0 Å². The summed E-state index contributed by atoms with van der Waals surface area (Å²) in [7, 11) is 0. The van der Waals surface area contributed by atoms with Gasteiger partial charge in [-0.3, -0.25) is 9.59 Å². The second kappa shape index (κ2) is 5.75. The minimum absolute atomic E-state index is 0.0623. The lowest BCUT2D eigenvalue weighted by Crippen LogP contribution is -2.26. The molecule has 0 aliphatic carbocycles. The number of benzene rings is 1. The Morgan fingerprint density at radius 1 is 1.31 bits per heavy atom. The van der Waals surface area contributed by atoms with Crippen molar-refractivity contribution in [1.82, 2.24) is 5.32 Å². The summed E-state index contributed by atoms with van der Waals surface area (Å²) < 4.78 is 0. The fourth-order valence-electron chi connectivity index (χ4n) is 1.23. The second-order valence-electron chi connectivity index (χ2n) is 3.35. The van der Waals surface area contributed by atoms with Gasteiger partial charge in [0.2, 0.25) is 11.8 Å². The molecule has 0 heterocycles. The zero-order chi connectivity index (χ0) is 12.0. The van der Waals surface area contributed by atoms with Crippen molar-refractivity contribution in [2.75, 3.05) is 18.4 Å². The maximum absolute atomic E-state index is 10.9. The number of carbonyl (C=O) groups excluding carboxylic acids is 2. The zero-order valence-electron chi connectivity index (χ0n) is 9.12. The molecule has 0 atom stereocenters. The van der Waals surface area contributed by atoms with Crippen LogP contribution in [0.3, 0.4) is 0 Å². The van der Waals surface area contributed by atoms with E-state index in [-0.39, 0.29) is 5.91 Å². The normalized spacial score (nSPS) is 9.56. The van der Waals surface area contributed by atoms with Crippen LogP contribution in [0, 0.1) is 0 Å². The summed E-state index contributed by atoms with van der Waals surface area (Å²) in [6.07, 6.45) is 0. The molecule has 0 spiro atoms. The highest BCUT2D eigenvalue weighted by Gasteiger charge is 2.00. The molecule has 86 valence electrons. The van der Waals surface area contributed by atoms with Gasteiger partial charge >= 0.3 is 0 Å². The SMILES string of the molecule is CC(=O)NCCNc1cccc(C(N)=O)c1. The Balaban J connectivity index is 2.45. The van der Waals surface area contributed by atoms with Crippen LogP contribution in [0.25, 0.3) is 0 Å². The Morgan fingerprint density at radius 3 is 2.69 bits per heavy atom. The fourth-order valence-corrected chi connectivity index (χ4v) is 1.23. The van der Waals surface area contributed by atoms with Crippen molar-refractivity contribution >= 4 is 17.5 Å². The van der Waals surface area contributed by atoms with Gasteiger partial charge in [0.15, 0.2) is 0 Å². The monoisotopic (exact) mass is 221 g/mol. The van der Waals surface area contributed by atoms with E-state index in [0.29, 0.717) is 18.7 Å². The van der Waals surface area contributed by atoms with Crippen molar-refractivity contribution in [3.8, 4) is 0 Å². The summed E-state index contributed by atoms with van der Waals surface area (Å²) in [5, 5.41) is 5.73. The number of rotatable bonds is 5. The van der Waals surface area contributed by atoms with Crippen LogP contribution in [-0.2, 0) is 4.79 Å². The predicted octanol–water partition coefficient (Wildman–Crippen LogP) is 0.333. The van der Waals surface area contributed by atoms with Crippen LogP contribution in [0.2, 0.25) is 0 Å². The van der Waals surface area contributed by atoms with E-state index < -0.39 is 5.91 Å². The predicted molar refractivity (Wildman–Crippen MR) is 62.1 cm³/mol. The molecule has 0 unspecified atom stereocenters. The molecule has 0 bridgehead atoms. The molecule has 0 aliphatic rings. The van der Waals surface area contributed by atoms with Crippen LogP contribution >= 0.6 is 0 Å². The van der Waals surface area contributed by atoms with Crippen molar-refractivity contribution in [2.45, 2.75) is 6.92 Å². The van der Waals surface area contributed by atoms with E-state index in [1.807, 2.05) is 6.07 Å². The number of carbonyl (C=O) groups is 2. The first-order chi connectivity index (χ1) is 7.59. The molecule has 0 aromatic heterocycles. The maximum atomic E-state index is 10.9. The van der Waals surface area contributed by atoms with Gasteiger partial charge in [0.25, 0.3) is 0 Å². The van der Waals surface area contributed by atoms with E-state index in [9.17, 15) is 9.59 Å². The number of amides is 2. The van der Waals surface area contributed by atoms with Crippen molar-refractivity contribution in [1.29, 1.82) is 0 Å². The molecule has 0 saturated carbocycles. The van der Waals surface area contributed by atoms with Gasteiger partial charge in [-0.2, -0.15) is 0 Å². The molecular formula is C11H15N3O2. The fraction of sp³-hybridized carbons (Fsp3) is 0.273. The molecule has 0 aliphatic heterocycles. The highest BCUT2D eigenvalue weighted by molar-refractivity contribution is 5.93. The molecule has 5 heteroatoms. The molecule has 16 heavy (non-hydrogen) atoms. The van der Waals surface area contributed by atoms with Gasteiger partial charge in [0.05, 0.1) is 0 Å². The summed E-state index contributed by atoms with van der Waals surface area (Å²) in [4.78, 5) is 21.5. The van der Waals surface area contributed by atoms with Crippen LogP contribution in [-0.4, -0.2) is 24.9 Å². The topological polar surface area (TPSA) is 84.2 Å². The molecule has 1 aromatic rings. The van der Waals surface area contributed by atoms with Gasteiger partial charge in [-0.1, -0.05) is 6.07 Å². The molecule has 1 aromatic carbocycles. The van der Waals surface area contributed by atoms with Crippen molar-refractivity contribution in [2.24, 2.45) is 5.73 Å². The summed E-state index contributed by atoms with van der Waals surface area (Å²) in [5.41, 5.74) is 6.42. The van der Waals surface area contributed by atoms with Crippen molar-refractivity contribution in [3.63, 3.8) is 0 Å². The van der Waals surface area contributed by atoms with Gasteiger partial charge in [-0.25, -0.2) is 0 Å². The Labute approximate surface area is 94.0 Å². The Bertz CT molecular complexity index is 391. The first-order valence-electron chi connectivity index (χ1n) is 4.98. The molecule has 5 nitrogen and oxygen atoms in total.